The van der Waals surface area contributed by atoms with Crippen LogP contribution in [-0.2, 0) is 11.3 Å². The topological polar surface area (TPSA) is 41.1 Å². The molecule has 0 saturated carbocycles. The highest BCUT2D eigenvalue weighted by molar-refractivity contribution is 6.30. The molecule has 1 amide bonds. The van der Waals surface area contributed by atoms with E-state index in [0.29, 0.717) is 22.8 Å². The van der Waals surface area contributed by atoms with E-state index in [1.165, 1.54) is 19.1 Å². The molecule has 0 saturated heterocycles. The van der Waals surface area contributed by atoms with Gasteiger partial charge in [-0.2, -0.15) is 0 Å². The molecule has 2 aromatic rings. The van der Waals surface area contributed by atoms with E-state index in [1.54, 1.807) is 6.07 Å². The van der Waals surface area contributed by atoms with Crippen LogP contribution >= 0.6 is 11.6 Å². The minimum Gasteiger partial charge on any atom is -0.381 e. The molecule has 0 aliphatic rings. The molecule has 0 aliphatic heterocycles. The SMILES string of the molecule is CC(=O)Nc1ccc(C)c(NCc2cc(Cl)ccc2F)c1. The van der Waals surface area contributed by atoms with Crippen molar-refractivity contribution in [3.05, 3.63) is 58.4 Å². The Labute approximate surface area is 128 Å². The number of carbonyl (C=O) groups excluding carboxylic acids is 1. The third kappa shape index (κ3) is 4.20. The molecule has 0 unspecified atom stereocenters. The van der Waals surface area contributed by atoms with E-state index in [1.807, 2.05) is 25.1 Å². The predicted molar refractivity (Wildman–Crippen MR) is 84.2 cm³/mol. The summed E-state index contributed by atoms with van der Waals surface area (Å²) in [4.78, 5) is 11.1. The van der Waals surface area contributed by atoms with E-state index in [0.717, 1.165) is 11.3 Å². The van der Waals surface area contributed by atoms with Gasteiger partial charge >= 0.3 is 0 Å². The zero-order valence-electron chi connectivity index (χ0n) is 11.8. The van der Waals surface area contributed by atoms with Crippen molar-refractivity contribution in [3.63, 3.8) is 0 Å². The highest BCUT2D eigenvalue weighted by Crippen LogP contribution is 2.22. The van der Waals surface area contributed by atoms with Gasteiger partial charge in [-0.05, 0) is 42.8 Å². The van der Waals surface area contributed by atoms with Crippen molar-refractivity contribution in [3.8, 4) is 0 Å². The van der Waals surface area contributed by atoms with Crippen molar-refractivity contribution in [2.24, 2.45) is 0 Å². The fraction of sp³-hybridized carbons (Fsp3) is 0.188. The number of hydrogen-bond donors (Lipinski definition) is 2. The number of rotatable bonds is 4. The molecule has 0 aliphatic carbocycles. The van der Waals surface area contributed by atoms with E-state index < -0.39 is 0 Å². The van der Waals surface area contributed by atoms with Gasteiger partial charge in [-0.1, -0.05) is 17.7 Å². The number of hydrogen-bond acceptors (Lipinski definition) is 2. The minimum absolute atomic E-state index is 0.134. The van der Waals surface area contributed by atoms with Gasteiger partial charge in [0, 0.05) is 35.4 Å². The summed E-state index contributed by atoms with van der Waals surface area (Å²) in [6.07, 6.45) is 0. The molecule has 2 aromatic carbocycles. The molecule has 110 valence electrons. The average Bonchev–Trinajstić information content (AvgIpc) is 2.42. The van der Waals surface area contributed by atoms with Crippen LogP contribution in [0.25, 0.3) is 0 Å². The van der Waals surface area contributed by atoms with Gasteiger partial charge in [0.25, 0.3) is 0 Å². The molecule has 0 aromatic heterocycles. The van der Waals surface area contributed by atoms with Gasteiger partial charge in [-0.25, -0.2) is 4.39 Å². The monoisotopic (exact) mass is 306 g/mol. The first-order chi connectivity index (χ1) is 9.95. The van der Waals surface area contributed by atoms with Crippen molar-refractivity contribution in [1.82, 2.24) is 0 Å². The number of nitrogens with one attached hydrogen (secondary N) is 2. The molecule has 5 heteroatoms. The lowest BCUT2D eigenvalue weighted by Crippen LogP contribution is -2.07. The van der Waals surface area contributed by atoms with Crippen molar-refractivity contribution < 1.29 is 9.18 Å². The molecule has 0 heterocycles. The molecular formula is C16H16ClFN2O. The molecule has 0 fully saturated rings. The van der Waals surface area contributed by atoms with E-state index in [9.17, 15) is 9.18 Å². The smallest absolute Gasteiger partial charge is 0.221 e. The Morgan fingerprint density at radius 3 is 2.71 bits per heavy atom. The normalized spacial score (nSPS) is 10.3. The van der Waals surface area contributed by atoms with Gasteiger partial charge in [-0.3, -0.25) is 4.79 Å². The molecule has 0 bridgehead atoms. The van der Waals surface area contributed by atoms with E-state index in [4.69, 9.17) is 11.6 Å². The molecule has 0 radical (unpaired) electrons. The lowest BCUT2D eigenvalue weighted by atomic mass is 10.1. The van der Waals surface area contributed by atoms with Crippen molar-refractivity contribution in [2.75, 3.05) is 10.6 Å². The Balaban J connectivity index is 2.15. The zero-order chi connectivity index (χ0) is 15.4. The minimum atomic E-state index is -0.303. The van der Waals surface area contributed by atoms with Crippen LogP contribution in [0, 0.1) is 12.7 Å². The van der Waals surface area contributed by atoms with Gasteiger partial charge in [0.05, 0.1) is 0 Å². The van der Waals surface area contributed by atoms with Gasteiger partial charge in [0.2, 0.25) is 5.91 Å². The summed E-state index contributed by atoms with van der Waals surface area (Å²) in [5, 5.41) is 6.38. The number of aryl methyl sites for hydroxylation is 1. The average molecular weight is 307 g/mol. The Hall–Kier alpha value is -2.07. The number of carbonyl (C=O) groups is 1. The summed E-state index contributed by atoms with van der Waals surface area (Å²) >= 11 is 5.87. The number of amides is 1. The summed E-state index contributed by atoms with van der Waals surface area (Å²) in [5.74, 6) is -0.437. The van der Waals surface area contributed by atoms with E-state index in [-0.39, 0.29) is 11.7 Å². The van der Waals surface area contributed by atoms with Crippen LogP contribution in [-0.4, -0.2) is 5.91 Å². The van der Waals surface area contributed by atoms with Crippen molar-refractivity contribution in [1.29, 1.82) is 0 Å². The van der Waals surface area contributed by atoms with Gasteiger partial charge in [0.1, 0.15) is 5.82 Å². The van der Waals surface area contributed by atoms with E-state index in [2.05, 4.69) is 10.6 Å². The summed E-state index contributed by atoms with van der Waals surface area (Å²) in [6.45, 7) is 3.71. The van der Waals surface area contributed by atoms with Crippen molar-refractivity contribution >= 4 is 28.9 Å². The number of halogens is 2. The zero-order valence-corrected chi connectivity index (χ0v) is 12.6. The first-order valence-corrected chi connectivity index (χ1v) is 6.89. The van der Waals surface area contributed by atoms with Crippen LogP contribution in [0.1, 0.15) is 18.1 Å². The van der Waals surface area contributed by atoms with Crippen LogP contribution < -0.4 is 10.6 Å². The quantitative estimate of drug-likeness (QED) is 0.881. The lowest BCUT2D eigenvalue weighted by molar-refractivity contribution is -0.114. The van der Waals surface area contributed by atoms with Gasteiger partial charge in [0.15, 0.2) is 0 Å². The van der Waals surface area contributed by atoms with Crippen molar-refractivity contribution in [2.45, 2.75) is 20.4 Å². The summed E-state index contributed by atoms with van der Waals surface area (Å²) < 4.78 is 13.7. The fourth-order valence-corrected chi connectivity index (χ4v) is 2.16. The van der Waals surface area contributed by atoms with Crippen LogP contribution in [0.15, 0.2) is 36.4 Å². The Bertz CT molecular complexity index is 673. The second-order valence-electron chi connectivity index (χ2n) is 4.80. The Morgan fingerprint density at radius 2 is 2.00 bits per heavy atom. The Kier molecular flexibility index (Phi) is 4.81. The maximum absolute atomic E-state index is 13.7. The molecule has 3 nitrogen and oxygen atoms in total. The molecule has 0 atom stereocenters. The van der Waals surface area contributed by atoms with Crippen LogP contribution in [0.3, 0.4) is 0 Å². The first-order valence-electron chi connectivity index (χ1n) is 6.52. The van der Waals surface area contributed by atoms with Crippen LogP contribution in [0.4, 0.5) is 15.8 Å². The number of anilines is 2. The second-order valence-corrected chi connectivity index (χ2v) is 5.24. The molecular weight excluding hydrogens is 291 g/mol. The standard InChI is InChI=1S/C16H16ClFN2O/c1-10-3-5-14(20-11(2)21)8-16(10)19-9-12-7-13(17)4-6-15(12)18/h3-8,19H,9H2,1-2H3,(H,20,21). The first kappa shape index (κ1) is 15.3. The fourth-order valence-electron chi connectivity index (χ4n) is 1.96. The predicted octanol–water partition coefficient (Wildman–Crippen LogP) is 4.36. The summed E-state index contributed by atoms with van der Waals surface area (Å²) in [7, 11) is 0. The maximum atomic E-state index is 13.7. The second kappa shape index (κ2) is 6.59. The third-order valence-electron chi connectivity index (χ3n) is 3.03. The third-order valence-corrected chi connectivity index (χ3v) is 3.27. The molecule has 2 rings (SSSR count). The molecule has 0 spiro atoms. The summed E-state index contributed by atoms with van der Waals surface area (Å²) in [5.41, 5.74) is 3.03. The molecule has 2 N–H and O–H groups in total. The highest BCUT2D eigenvalue weighted by Gasteiger charge is 2.05. The van der Waals surface area contributed by atoms with Crippen LogP contribution in [0.2, 0.25) is 5.02 Å². The summed E-state index contributed by atoms with van der Waals surface area (Å²) in [6, 6.07) is 9.99. The van der Waals surface area contributed by atoms with Crippen LogP contribution in [0.5, 0.6) is 0 Å². The van der Waals surface area contributed by atoms with Gasteiger partial charge < -0.3 is 10.6 Å². The molecule has 21 heavy (non-hydrogen) atoms. The lowest BCUT2D eigenvalue weighted by Gasteiger charge is -2.12. The van der Waals surface area contributed by atoms with E-state index >= 15 is 0 Å². The number of benzene rings is 2. The largest absolute Gasteiger partial charge is 0.381 e. The maximum Gasteiger partial charge on any atom is 0.221 e. The van der Waals surface area contributed by atoms with Gasteiger partial charge in [-0.15, -0.1) is 0 Å². The highest BCUT2D eigenvalue weighted by atomic mass is 35.5. The Morgan fingerprint density at radius 1 is 1.24 bits per heavy atom.